The van der Waals surface area contributed by atoms with Gasteiger partial charge in [0.1, 0.15) is 6.33 Å². The third kappa shape index (κ3) is 3.29. The molecular weight excluding hydrogens is 268 g/mol. The summed E-state index contributed by atoms with van der Waals surface area (Å²) in [4.78, 5) is 8.74. The molecule has 1 aromatic heterocycles. The van der Waals surface area contributed by atoms with E-state index in [4.69, 9.17) is 0 Å². The Labute approximate surface area is 131 Å². The fourth-order valence-electron chi connectivity index (χ4n) is 2.43. The minimum absolute atomic E-state index is 0.900. The molecule has 0 aliphatic rings. The number of hydrogen-bond acceptors (Lipinski definition) is 2. The van der Waals surface area contributed by atoms with Gasteiger partial charge in [0.15, 0.2) is 0 Å². The van der Waals surface area contributed by atoms with Crippen molar-refractivity contribution in [1.29, 1.82) is 0 Å². The van der Waals surface area contributed by atoms with Crippen molar-refractivity contribution < 1.29 is 0 Å². The second-order valence-electron chi connectivity index (χ2n) is 5.17. The summed E-state index contributed by atoms with van der Waals surface area (Å²) in [6.45, 7) is 3.76. The number of benzene rings is 2. The molecule has 0 amide bonds. The largest absolute Gasteiger partial charge is 0.241 e. The highest BCUT2D eigenvalue weighted by Gasteiger charge is 2.04. The maximum absolute atomic E-state index is 4.42. The fraction of sp³-hybridized carbons (Fsp3) is 0.100. The van der Waals surface area contributed by atoms with Crippen LogP contribution in [0, 0.1) is 0 Å². The van der Waals surface area contributed by atoms with Crippen LogP contribution in [0.2, 0.25) is 0 Å². The summed E-state index contributed by atoms with van der Waals surface area (Å²) in [6, 6.07) is 20.9. The van der Waals surface area contributed by atoms with Gasteiger partial charge in [-0.3, -0.25) is 0 Å². The van der Waals surface area contributed by atoms with E-state index in [0.29, 0.717) is 0 Å². The van der Waals surface area contributed by atoms with Gasteiger partial charge in [0, 0.05) is 11.3 Å². The third-order valence-corrected chi connectivity index (χ3v) is 3.59. The highest BCUT2D eigenvalue weighted by molar-refractivity contribution is 5.71. The highest BCUT2D eigenvalue weighted by Crippen LogP contribution is 2.25. The monoisotopic (exact) mass is 286 g/mol. The van der Waals surface area contributed by atoms with Crippen molar-refractivity contribution in [2.24, 2.45) is 0 Å². The van der Waals surface area contributed by atoms with Gasteiger partial charge in [-0.1, -0.05) is 54.6 Å². The lowest BCUT2D eigenvalue weighted by Gasteiger charge is -2.06. The molecule has 0 aliphatic heterocycles. The summed E-state index contributed by atoms with van der Waals surface area (Å²) in [6.07, 6.45) is 5.39. The average molecular weight is 286 g/mol. The Morgan fingerprint density at radius 2 is 1.59 bits per heavy atom. The normalized spacial score (nSPS) is 10.4. The molecule has 2 aromatic carbocycles. The number of aryl methyl sites for hydroxylation is 1. The van der Waals surface area contributed by atoms with Crippen molar-refractivity contribution in [1.82, 2.24) is 9.97 Å². The molecule has 22 heavy (non-hydrogen) atoms. The zero-order chi connectivity index (χ0) is 15.2. The molecule has 3 aromatic rings. The van der Waals surface area contributed by atoms with E-state index >= 15 is 0 Å². The molecule has 0 aliphatic carbocycles. The Morgan fingerprint density at radius 1 is 0.818 bits per heavy atom. The average Bonchev–Trinajstić information content (AvgIpc) is 2.61. The van der Waals surface area contributed by atoms with Crippen LogP contribution in [0.25, 0.3) is 22.4 Å². The summed E-state index contributed by atoms with van der Waals surface area (Å²) >= 11 is 0. The Kier molecular flexibility index (Phi) is 4.40. The van der Waals surface area contributed by atoms with Gasteiger partial charge in [0.25, 0.3) is 0 Å². The van der Waals surface area contributed by atoms with Crippen LogP contribution >= 0.6 is 0 Å². The Bertz CT molecular complexity index is 763. The van der Waals surface area contributed by atoms with Gasteiger partial charge in [-0.25, -0.2) is 9.97 Å². The molecule has 2 heteroatoms. The number of rotatable bonds is 5. The Morgan fingerprint density at radius 3 is 2.41 bits per heavy atom. The maximum Gasteiger partial charge on any atom is 0.116 e. The van der Waals surface area contributed by atoms with E-state index in [-0.39, 0.29) is 0 Å². The van der Waals surface area contributed by atoms with Crippen molar-refractivity contribution in [3.05, 3.63) is 85.3 Å². The fourth-order valence-corrected chi connectivity index (χ4v) is 2.43. The first-order chi connectivity index (χ1) is 10.9. The summed E-state index contributed by atoms with van der Waals surface area (Å²) < 4.78 is 0. The molecule has 0 atom stereocenters. The van der Waals surface area contributed by atoms with E-state index in [2.05, 4.69) is 71.1 Å². The van der Waals surface area contributed by atoms with Crippen LogP contribution in [0.4, 0.5) is 0 Å². The molecule has 0 bridgehead atoms. The lowest BCUT2D eigenvalue weighted by Crippen LogP contribution is -1.93. The van der Waals surface area contributed by atoms with Crippen molar-refractivity contribution in [3.63, 3.8) is 0 Å². The standard InChI is InChI=1S/C20H18N2/c1-2-3-12-19-14-20(22-15-21-19)18-11-7-10-17(13-18)16-8-5-4-6-9-16/h2,4-11,13-15H,1,3,12H2. The van der Waals surface area contributed by atoms with Crippen molar-refractivity contribution >= 4 is 0 Å². The molecule has 108 valence electrons. The lowest BCUT2D eigenvalue weighted by atomic mass is 10.0. The smallest absolute Gasteiger partial charge is 0.116 e. The number of hydrogen-bond donors (Lipinski definition) is 0. The Balaban J connectivity index is 1.94. The first kappa shape index (κ1) is 14.2. The molecule has 2 nitrogen and oxygen atoms in total. The van der Waals surface area contributed by atoms with Crippen LogP contribution in [0.1, 0.15) is 12.1 Å². The summed E-state index contributed by atoms with van der Waals surface area (Å²) in [5.41, 5.74) is 5.54. The minimum atomic E-state index is 0.900. The van der Waals surface area contributed by atoms with Crippen LogP contribution in [0.15, 0.2) is 79.6 Å². The van der Waals surface area contributed by atoms with Gasteiger partial charge in [-0.05, 0) is 36.1 Å². The number of aromatic nitrogens is 2. The lowest BCUT2D eigenvalue weighted by molar-refractivity contribution is 0.929. The summed E-state index contributed by atoms with van der Waals surface area (Å²) in [5.74, 6) is 0. The SMILES string of the molecule is C=CCCc1cc(-c2cccc(-c3ccccc3)c2)ncn1. The van der Waals surface area contributed by atoms with Crippen molar-refractivity contribution in [3.8, 4) is 22.4 Å². The van der Waals surface area contributed by atoms with Gasteiger partial charge in [0.2, 0.25) is 0 Å². The molecule has 0 fully saturated rings. The predicted octanol–water partition coefficient (Wildman–Crippen LogP) is 4.93. The quantitative estimate of drug-likeness (QED) is 0.621. The van der Waals surface area contributed by atoms with Crippen LogP contribution in [0.5, 0.6) is 0 Å². The zero-order valence-electron chi connectivity index (χ0n) is 12.4. The van der Waals surface area contributed by atoms with Crippen molar-refractivity contribution in [2.75, 3.05) is 0 Å². The summed E-state index contributed by atoms with van der Waals surface area (Å²) in [5, 5.41) is 0. The van der Waals surface area contributed by atoms with E-state index in [0.717, 1.165) is 29.8 Å². The van der Waals surface area contributed by atoms with Crippen LogP contribution in [0.3, 0.4) is 0 Å². The second kappa shape index (κ2) is 6.81. The third-order valence-electron chi connectivity index (χ3n) is 3.59. The van der Waals surface area contributed by atoms with E-state index in [1.165, 1.54) is 11.1 Å². The molecule has 3 rings (SSSR count). The molecule has 0 saturated carbocycles. The Hall–Kier alpha value is -2.74. The topological polar surface area (TPSA) is 25.8 Å². The van der Waals surface area contributed by atoms with E-state index < -0.39 is 0 Å². The van der Waals surface area contributed by atoms with Crippen molar-refractivity contribution in [2.45, 2.75) is 12.8 Å². The molecule has 1 heterocycles. The van der Waals surface area contributed by atoms with Crippen LogP contribution in [-0.4, -0.2) is 9.97 Å². The van der Waals surface area contributed by atoms with E-state index in [9.17, 15) is 0 Å². The molecule has 0 unspecified atom stereocenters. The first-order valence-corrected chi connectivity index (χ1v) is 7.44. The van der Waals surface area contributed by atoms with Crippen LogP contribution in [-0.2, 0) is 6.42 Å². The van der Waals surface area contributed by atoms with Gasteiger partial charge < -0.3 is 0 Å². The number of nitrogens with zero attached hydrogens (tertiary/aromatic N) is 2. The van der Waals surface area contributed by atoms with Gasteiger partial charge in [-0.2, -0.15) is 0 Å². The zero-order valence-corrected chi connectivity index (χ0v) is 12.4. The van der Waals surface area contributed by atoms with E-state index in [1.54, 1.807) is 6.33 Å². The van der Waals surface area contributed by atoms with E-state index in [1.807, 2.05) is 12.1 Å². The predicted molar refractivity (Wildman–Crippen MR) is 91.4 cm³/mol. The highest BCUT2D eigenvalue weighted by atomic mass is 14.8. The van der Waals surface area contributed by atoms with Gasteiger partial charge in [0.05, 0.1) is 5.69 Å². The van der Waals surface area contributed by atoms with Gasteiger partial charge >= 0.3 is 0 Å². The molecular formula is C20H18N2. The second-order valence-corrected chi connectivity index (χ2v) is 5.17. The summed E-state index contributed by atoms with van der Waals surface area (Å²) in [7, 11) is 0. The number of allylic oxidation sites excluding steroid dienone is 1. The molecule has 0 spiro atoms. The van der Waals surface area contributed by atoms with Crippen LogP contribution < -0.4 is 0 Å². The molecule has 0 N–H and O–H groups in total. The van der Waals surface area contributed by atoms with Gasteiger partial charge in [-0.15, -0.1) is 6.58 Å². The molecule has 0 radical (unpaired) electrons. The maximum atomic E-state index is 4.42. The minimum Gasteiger partial charge on any atom is -0.241 e. The first-order valence-electron chi connectivity index (χ1n) is 7.44. The molecule has 0 saturated heterocycles.